The van der Waals surface area contributed by atoms with Crippen molar-refractivity contribution in [2.45, 2.75) is 12.5 Å². The van der Waals surface area contributed by atoms with Crippen LogP contribution in [0.3, 0.4) is 0 Å². The first-order valence-electron chi connectivity index (χ1n) is 7.51. The maximum Gasteiger partial charge on any atom is 0.325 e. The lowest BCUT2D eigenvalue weighted by Crippen LogP contribution is -2.41. The molecule has 128 valence electrons. The molecule has 1 aliphatic rings. The molecule has 1 saturated heterocycles. The van der Waals surface area contributed by atoms with E-state index in [0.717, 1.165) is 17.0 Å². The van der Waals surface area contributed by atoms with E-state index in [1.165, 1.54) is 13.0 Å². The van der Waals surface area contributed by atoms with Crippen molar-refractivity contribution in [2.24, 2.45) is 0 Å². The number of carbonyl (C=O) groups is 3. The normalized spacial score (nSPS) is 19.9. The lowest BCUT2D eigenvalue weighted by molar-refractivity contribution is -0.130. The van der Waals surface area contributed by atoms with Gasteiger partial charge in [0.1, 0.15) is 5.54 Å². The van der Waals surface area contributed by atoms with Crippen LogP contribution < -0.4 is 5.32 Å². The predicted molar refractivity (Wildman–Crippen MR) is 84.7 cm³/mol. The zero-order valence-electron chi connectivity index (χ0n) is 13.3. The minimum absolute atomic E-state index is 0.0967. The summed E-state index contributed by atoms with van der Waals surface area (Å²) in [6.07, 6.45) is 0. The van der Waals surface area contributed by atoms with E-state index in [0.29, 0.717) is 5.56 Å². The Morgan fingerprint density at radius 2 is 1.76 bits per heavy atom. The van der Waals surface area contributed by atoms with Crippen molar-refractivity contribution in [2.75, 3.05) is 6.54 Å². The van der Waals surface area contributed by atoms with Gasteiger partial charge in [-0.1, -0.05) is 36.4 Å². The third kappa shape index (κ3) is 2.88. The van der Waals surface area contributed by atoms with Gasteiger partial charge in [-0.05, 0) is 24.6 Å². The van der Waals surface area contributed by atoms with Gasteiger partial charge in [-0.3, -0.25) is 14.5 Å². The fourth-order valence-corrected chi connectivity index (χ4v) is 2.70. The molecule has 1 fully saturated rings. The molecule has 1 aliphatic heterocycles. The lowest BCUT2D eigenvalue weighted by Gasteiger charge is -2.22. The molecule has 0 aromatic heterocycles. The van der Waals surface area contributed by atoms with E-state index in [1.807, 2.05) is 0 Å². The van der Waals surface area contributed by atoms with Crippen molar-refractivity contribution in [3.8, 4) is 0 Å². The summed E-state index contributed by atoms with van der Waals surface area (Å²) in [5.74, 6) is -3.29. The fourth-order valence-electron chi connectivity index (χ4n) is 2.70. The molecule has 1 N–H and O–H groups in total. The number of benzene rings is 2. The van der Waals surface area contributed by atoms with Crippen molar-refractivity contribution < 1.29 is 23.2 Å². The molecular weight excluding hydrogens is 330 g/mol. The first kappa shape index (κ1) is 16.8. The monoisotopic (exact) mass is 344 g/mol. The Labute approximate surface area is 142 Å². The van der Waals surface area contributed by atoms with Crippen LogP contribution in [0.2, 0.25) is 0 Å². The molecule has 0 bridgehead atoms. The number of imide groups is 1. The third-order valence-corrected chi connectivity index (χ3v) is 4.17. The first-order valence-corrected chi connectivity index (χ1v) is 7.51. The molecule has 2 aromatic rings. The Morgan fingerprint density at radius 1 is 1.08 bits per heavy atom. The van der Waals surface area contributed by atoms with Crippen molar-refractivity contribution in [1.29, 1.82) is 0 Å². The van der Waals surface area contributed by atoms with Crippen molar-refractivity contribution in [3.63, 3.8) is 0 Å². The molecule has 5 nitrogen and oxygen atoms in total. The summed E-state index contributed by atoms with van der Waals surface area (Å²) in [6, 6.07) is 10.4. The van der Waals surface area contributed by atoms with Crippen LogP contribution in [0.1, 0.15) is 22.8 Å². The first-order chi connectivity index (χ1) is 11.8. The van der Waals surface area contributed by atoms with Gasteiger partial charge in [-0.15, -0.1) is 0 Å². The van der Waals surface area contributed by atoms with Crippen molar-refractivity contribution in [1.82, 2.24) is 10.2 Å². The number of ketones is 1. The number of hydrogen-bond acceptors (Lipinski definition) is 3. The highest BCUT2D eigenvalue weighted by atomic mass is 19.2. The second-order valence-corrected chi connectivity index (χ2v) is 5.86. The van der Waals surface area contributed by atoms with E-state index in [9.17, 15) is 23.2 Å². The fraction of sp³-hybridized carbons (Fsp3) is 0.167. The highest BCUT2D eigenvalue weighted by Crippen LogP contribution is 2.29. The Bertz CT molecular complexity index is 870. The van der Waals surface area contributed by atoms with E-state index in [-0.39, 0.29) is 5.56 Å². The van der Waals surface area contributed by atoms with Crippen molar-refractivity contribution >= 4 is 17.7 Å². The highest BCUT2D eigenvalue weighted by Gasteiger charge is 2.49. The minimum Gasteiger partial charge on any atom is -0.319 e. The topological polar surface area (TPSA) is 66.5 Å². The summed E-state index contributed by atoms with van der Waals surface area (Å²) in [4.78, 5) is 37.9. The van der Waals surface area contributed by atoms with Crippen LogP contribution in [0.25, 0.3) is 0 Å². The summed E-state index contributed by atoms with van der Waals surface area (Å²) >= 11 is 0. The van der Waals surface area contributed by atoms with Gasteiger partial charge in [0.25, 0.3) is 5.91 Å². The Morgan fingerprint density at radius 3 is 2.40 bits per heavy atom. The Hall–Kier alpha value is -3.09. The maximum absolute atomic E-state index is 13.5. The standard InChI is InChI=1S/C18H14F2N2O3/c1-18(12-7-8-13(19)14(20)9-12)16(24)22(17(25)21-18)10-15(23)11-5-3-2-4-6-11/h2-9H,10H2,1H3,(H,21,25)/t18-/m1/s1. The molecule has 0 radical (unpaired) electrons. The number of carbonyl (C=O) groups excluding carboxylic acids is 3. The molecule has 0 spiro atoms. The predicted octanol–water partition coefficient (Wildman–Crippen LogP) is 2.61. The number of rotatable bonds is 4. The maximum atomic E-state index is 13.5. The average molecular weight is 344 g/mol. The van der Waals surface area contributed by atoms with Gasteiger partial charge in [0, 0.05) is 5.56 Å². The summed E-state index contributed by atoms with van der Waals surface area (Å²) in [5, 5.41) is 2.45. The second-order valence-electron chi connectivity index (χ2n) is 5.86. The van der Waals surface area contributed by atoms with Gasteiger partial charge < -0.3 is 5.32 Å². The van der Waals surface area contributed by atoms with Gasteiger partial charge in [0.15, 0.2) is 17.4 Å². The summed E-state index contributed by atoms with van der Waals surface area (Å²) < 4.78 is 26.6. The van der Waals surface area contributed by atoms with Crippen LogP contribution in [-0.4, -0.2) is 29.2 Å². The number of halogens is 2. The number of nitrogens with one attached hydrogen (secondary N) is 1. The molecule has 3 rings (SSSR count). The smallest absolute Gasteiger partial charge is 0.319 e. The molecular formula is C18H14F2N2O3. The molecule has 0 aliphatic carbocycles. The summed E-state index contributed by atoms with van der Waals surface area (Å²) in [5.41, 5.74) is -1.10. The van der Waals surface area contributed by atoms with Gasteiger partial charge >= 0.3 is 6.03 Å². The lowest BCUT2D eigenvalue weighted by atomic mass is 9.92. The second kappa shape index (κ2) is 6.08. The van der Waals surface area contributed by atoms with Gasteiger partial charge in [-0.25, -0.2) is 13.6 Å². The molecule has 1 heterocycles. The summed E-state index contributed by atoms with van der Waals surface area (Å²) in [6.45, 7) is 0.945. The van der Waals surface area contributed by atoms with Gasteiger partial charge in [0.2, 0.25) is 0 Å². The quantitative estimate of drug-likeness (QED) is 0.685. The van der Waals surface area contributed by atoms with Crippen LogP contribution in [-0.2, 0) is 10.3 Å². The number of nitrogens with zero attached hydrogens (tertiary/aromatic N) is 1. The SMILES string of the molecule is C[C@]1(c2ccc(F)c(F)c2)NC(=O)N(CC(=O)c2ccccc2)C1=O. The molecule has 7 heteroatoms. The van der Waals surface area contributed by atoms with E-state index in [1.54, 1.807) is 30.3 Å². The largest absolute Gasteiger partial charge is 0.325 e. The third-order valence-electron chi connectivity index (χ3n) is 4.17. The summed E-state index contributed by atoms with van der Waals surface area (Å²) in [7, 11) is 0. The Kier molecular flexibility index (Phi) is 4.08. The van der Waals surface area contributed by atoms with Gasteiger partial charge in [0.05, 0.1) is 6.54 Å². The zero-order chi connectivity index (χ0) is 18.2. The molecule has 1 atom stereocenters. The van der Waals surface area contributed by atoms with E-state index in [4.69, 9.17) is 0 Å². The molecule has 0 unspecified atom stereocenters. The molecule has 25 heavy (non-hydrogen) atoms. The van der Waals surface area contributed by atoms with Crippen LogP contribution in [0.15, 0.2) is 48.5 Å². The minimum atomic E-state index is -1.57. The number of urea groups is 1. The molecule has 3 amide bonds. The van der Waals surface area contributed by atoms with Crippen LogP contribution in [0.5, 0.6) is 0 Å². The number of Topliss-reactive ketones (excluding diaryl/α,β-unsaturated/α-hetero) is 1. The highest BCUT2D eigenvalue weighted by molar-refractivity contribution is 6.11. The van der Waals surface area contributed by atoms with E-state index >= 15 is 0 Å². The van der Waals surface area contributed by atoms with Gasteiger partial charge in [-0.2, -0.15) is 0 Å². The van der Waals surface area contributed by atoms with Crippen LogP contribution >= 0.6 is 0 Å². The molecule has 2 aromatic carbocycles. The average Bonchev–Trinajstić information content (AvgIpc) is 2.82. The van der Waals surface area contributed by atoms with Crippen molar-refractivity contribution in [3.05, 3.63) is 71.3 Å². The van der Waals surface area contributed by atoms with E-state index < -0.39 is 41.4 Å². The molecule has 0 saturated carbocycles. The van der Waals surface area contributed by atoms with E-state index in [2.05, 4.69) is 5.32 Å². The zero-order valence-corrected chi connectivity index (χ0v) is 13.3. The Balaban J connectivity index is 1.87. The van der Waals surface area contributed by atoms with Crippen LogP contribution in [0.4, 0.5) is 13.6 Å². The van der Waals surface area contributed by atoms with Crippen LogP contribution in [0, 0.1) is 11.6 Å². The number of amides is 3. The number of hydrogen-bond donors (Lipinski definition) is 1.